The average molecular weight is 310 g/mol. The molecule has 1 aliphatic rings. The van der Waals surface area contributed by atoms with E-state index in [-0.39, 0.29) is 12.5 Å². The van der Waals surface area contributed by atoms with E-state index in [1.54, 1.807) is 12.1 Å². The Morgan fingerprint density at radius 3 is 2.67 bits per heavy atom. The van der Waals surface area contributed by atoms with E-state index in [9.17, 15) is 9.90 Å². The molecule has 1 fully saturated rings. The van der Waals surface area contributed by atoms with Crippen molar-refractivity contribution in [1.29, 1.82) is 5.26 Å². The Kier molecular flexibility index (Phi) is 4.71. The van der Waals surface area contributed by atoms with Crippen LogP contribution in [0.4, 0.5) is 0 Å². The zero-order valence-corrected chi connectivity index (χ0v) is 12.1. The number of rotatable bonds is 4. The van der Waals surface area contributed by atoms with Crippen molar-refractivity contribution in [3.8, 4) is 11.8 Å². The number of halogens is 1. The molecule has 112 valence electrons. The van der Waals surface area contributed by atoms with Crippen molar-refractivity contribution in [3.63, 3.8) is 0 Å². The molecule has 0 spiro atoms. The Morgan fingerprint density at radius 1 is 1.48 bits per heavy atom. The van der Waals surface area contributed by atoms with Crippen LogP contribution in [0.25, 0.3) is 0 Å². The summed E-state index contributed by atoms with van der Waals surface area (Å²) in [6.07, 6.45) is 1.69. The lowest BCUT2D eigenvalue weighted by Crippen LogP contribution is -2.41. The lowest BCUT2D eigenvalue weighted by Gasteiger charge is -2.34. The summed E-state index contributed by atoms with van der Waals surface area (Å²) in [5.41, 5.74) is -0.642. The molecule has 21 heavy (non-hydrogen) atoms. The van der Waals surface area contributed by atoms with Gasteiger partial charge in [-0.05, 0) is 37.8 Å². The molecular weight excluding hydrogens is 294 g/mol. The minimum Gasteiger partial charge on any atom is -0.491 e. The van der Waals surface area contributed by atoms with Crippen LogP contribution >= 0.6 is 11.6 Å². The van der Waals surface area contributed by atoms with Gasteiger partial charge in [0, 0.05) is 6.07 Å². The molecule has 0 saturated heterocycles. The van der Waals surface area contributed by atoms with Crippen LogP contribution in [0.2, 0.25) is 5.02 Å². The van der Waals surface area contributed by atoms with Gasteiger partial charge in [-0.3, -0.25) is 4.79 Å². The summed E-state index contributed by atoms with van der Waals surface area (Å²) in [5.74, 6) is -0.709. The highest BCUT2D eigenvalue weighted by atomic mass is 35.5. The molecule has 2 rings (SSSR count). The van der Waals surface area contributed by atoms with E-state index in [0.717, 1.165) is 0 Å². The topological polar surface area (TPSA) is 90.5 Å². The third-order valence-electron chi connectivity index (χ3n) is 3.83. The number of aliphatic hydroxyl groups is 1. The van der Waals surface area contributed by atoms with Crippen molar-refractivity contribution in [1.82, 2.24) is 0 Å². The van der Waals surface area contributed by atoms with E-state index in [2.05, 4.69) is 0 Å². The van der Waals surface area contributed by atoms with Gasteiger partial charge in [0.05, 0.1) is 22.1 Å². The highest BCUT2D eigenvalue weighted by molar-refractivity contribution is 6.31. The number of ether oxygens (including phenoxy) is 1. The van der Waals surface area contributed by atoms with Gasteiger partial charge >= 0.3 is 5.97 Å². The molecule has 1 saturated carbocycles. The first-order chi connectivity index (χ1) is 9.93. The molecule has 0 atom stereocenters. The normalized spacial score (nSPS) is 25.1. The molecule has 0 amide bonds. The second kappa shape index (κ2) is 6.33. The molecule has 0 radical (unpaired) electrons. The maximum atomic E-state index is 10.9. The fourth-order valence-corrected chi connectivity index (χ4v) is 2.65. The largest absolute Gasteiger partial charge is 0.491 e. The summed E-state index contributed by atoms with van der Waals surface area (Å²) in [6, 6.07) is 6.67. The van der Waals surface area contributed by atoms with Crippen LogP contribution in [-0.2, 0) is 4.79 Å². The van der Waals surface area contributed by atoms with Gasteiger partial charge in [0.25, 0.3) is 0 Å². The number of hydrogen-bond donors (Lipinski definition) is 2. The summed E-state index contributed by atoms with van der Waals surface area (Å²) in [4.78, 5) is 10.9. The summed E-state index contributed by atoms with van der Waals surface area (Å²) in [7, 11) is 0. The smallest absolute Gasteiger partial charge is 0.306 e. The predicted molar refractivity (Wildman–Crippen MR) is 76.2 cm³/mol. The van der Waals surface area contributed by atoms with Crippen LogP contribution in [0.1, 0.15) is 31.2 Å². The predicted octanol–water partition coefficient (Wildman–Crippen LogP) is 2.60. The van der Waals surface area contributed by atoms with E-state index < -0.39 is 11.6 Å². The van der Waals surface area contributed by atoms with E-state index in [4.69, 9.17) is 26.7 Å². The Morgan fingerprint density at radius 2 is 2.14 bits per heavy atom. The maximum absolute atomic E-state index is 10.9. The van der Waals surface area contributed by atoms with Gasteiger partial charge in [-0.25, -0.2) is 0 Å². The Bertz CT molecular complexity index is 574. The van der Waals surface area contributed by atoms with Crippen molar-refractivity contribution in [2.24, 2.45) is 5.92 Å². The molecule has 2 N–H and O–H groups in total. The van der Waals surface area contributed by atoms with Gasteiger partial charge in [0.1, 0.15) is 18.4 Å². The average Bonchev–Trinajstić information content (AvgIpc) is 2.46. The minimum absolute atomic E-state index is 0.0849. The molecule has 1 aromatic rings. The Labute approximate surface area is 127 Å². The summed E-state index contributed by atoms with van der Waals surface area (Å²) < 4.78 is 5.53. The number of hydrogen-bond acceptors (Lipinski definition) is 4. The molecule has 0 unspecified atom stereocenters. The highest BCUT2D eigenvalue weighted by Crippen LogP contribution is 2.33. The lowest BCUT2D eigenvalue weighted by atomic mass is 9.79. The van der Waals surface area contributed by atoms with Gasteiger partial charge in [0.2, 0.25) is 0 Å². The Balaban J connectivity index is 1.93. The molecule has 5 nitrogen and oxygen atoms in total. The van der Waals surface area contributed by atoms with E-state index in [1.807, 2.05) is 6.07 Å². The number of benzene rings is 1. The molecule has 1 aromatic carbocycles. The van der Waals surface area contributed by atoms with Crippen LogP contribution in [0, 0.1) is 17.2 Å². The first kappa shape index (κ1) is 15.6. The van der Waals surface area contributed by atoms with Gasteiger partial charge in [-0.2, -0.15) is 5.26 Å². The molecule has 0 aromatic heterocycles. The fraction of sp³-hybridized carbons (Fsp3) is 0.467. The van der Waals surface area contributed by atoms with Crippen LogP contribution in [0.15, 0.2) is 18.2 Å². The van der Waals surface area contributed by atoms with Crippen LogP contribution in [0.5, 0.6) is 5.75 Å². The van der Waals surface area contributed by atoms with E-state index in [0.29, 0.717) is 42.0 Å². The first-order valence-corrected chi connectivity index (χ1v) is 7.09. The number of aliphatic carboxylic acids is 1. The number of nitrogens with zero attached hydrogens (tertiary/aromatic N) is 1. The number of carboxylic acid groups (broad SMARTS) is 1. The highest BCUT2D eigenvalue weighted by Gasteiger charge is 2.36. The van der Waals surface area contributed by atoms with Crippen LogP contribution in [-0.4, -0.2) is 28.4 Å². The van der Waals surface area contributed by atoms with Gasteiger partial charge < -0.3 is 14.9 Å². The van der Waals surface area contributed by atoms with Crippen molar-refractivity contribution in [3.05, 3.63) is 28.8 Å². The van der Waals surface area contributed by atoms with Crippen LogP contribution < -0.4 is 4.74 Å². The number of carbonyl (C=O) groups is 1. The standard InChI is InChI=1S/C15H16ClNO4/c16-13-7-12(2-1-11(13)8-17)21-9-15(20)5-3-10(4-6-15)14(18)19/h1-2,7,10,20H,3-6,9H2,(H,18,19). The second-order valence-electron chi connectivity index (χ2n) is 5.38. The molecule has 0 heterocycles. The van der Waals surface area contributed by atoms with Gasteiger partial charge in [-0.15, -0.1) is 0 Å². The fourth-order valence-electron chi connectivity index (χ4n) is 2.44. The molecule has 6 heteroatoms. The van der Waals surface area contributed by atoms with Crippen molar-refractivity contribution in [2.75, 3.05) is 6.61 Å². The molecule has 1 aliphatic carbocycles. The summed E-state index contributed by atoms with van der Waals surface area (Å²) in [5, 5.41) is 28.4. The maximum Gasteiger partial charge on any atom is 0.306 e. The Hall–Kier alpha value is -1.77. The van der Waals surface area contributed by atoms with Crippen molar-refractivity contribution in [2.45, 2.75) is 31.3 Å². The zero-order valence-electron chi connectivity index (χ0n) is 11.4. The number of carboxylic acids is 1. The van der Waals surface area contributed by atoms with Gasteiger partial charge in [-0.1, -0.05) is 11.6 Å². The molecular formula is C15H16ClNO4. The van der Waals surface area contributed by atoms with E-state index >= 15 is 0 Å². The first-order valence-electron chi connectivity index (χ1n) is 6.71. The molecule has 0 bridgehead atoms. The summed E-state index contributed by atoms with van der Waals surface area (Å²) >= 11 is 5.91. The van der Waals surface area contributed by atoms with Gasteiger partial charge in [0.15, 0.2) is 0 Å². The van der Waals surface area contributed by atoms with Crippen molar-refractivity contribution >= 4 is 17.6 Å². The zero-order chi connectivity index (χ0) is 15.5. The quantitative estimate of drug-likeness (QED) is 0.892. The second-order valence-corrected chi connectivity index (χ2v) is 5.79. The molecule has 0 aliphatic heterocycles. The SMILES string of the molecule is N#Cc1ccc(OCC2(O)CCC(C(=O)O)CC2)cc1Cl. The summed E-state index contributed by atoms with van der Waals surface area (Å²) in [6.45, 7) is 0.0849. The van der Waals surface area contributed by atoms with Crippen LogP contribution in [0.3, 0.4) is 0 Å². The minimum atomic E-state index is -1.01. The lowest BCUT2D eigenvalue weighted by molar-refractivity contribution is -0.145. The third kappa shape index (κ3) is 3.87. The third-order valence-corrected chi connectivity index (χ3v) is 4.15. The van der Waals surface area contributed by atoms with E-state index in [1.165, 1.54) is 6.07 Å². The van der Waals surface area contributed by atoms with Crippen molar-refractivity contribution < 1.29 is 19.7 Å². The monoisotopic (exact) mass is 309 g/mol. The number of nitriles is 1.